The third-order valence-electron chi connectivity index (χ3n) is 5.58. The lowest BCUT2D eigenvalue weighted by Gasteiger charge is -2.13. The standard InChI is InChI=1S/C26H24N2O6/c1-14-23(27)22(33-4)13-17-12-20(26(30)34-24(14)17)28-25(29)16-8-9-21(32-3)19(11-16)15-6-5-7-18(10-15)31-2/h5-13H,27H2,1-4H3,(H,28,29). The van der Waals surface area contributed by atoms with E-state index in [0.717, 1.165) is 5.56 Å². The van der Waals surface area contributed by atoms with Crippen molar-refractivity contribution >= 4 is 28.3 Å². The Morgan fingerprint density at radius 3 is 2.41 bits per heavy atom. The first-order chi connectivity index (χ1) is 16.4. The third-order valence-corrected chi connectivity index (χ3v) is 5.58. The maximum Gasteiger partial charge on any atom is 0.360 e. The number of benzene rings is 3. The average molecular weight is 460 g/mol. The molecule has 0 saturated heterocycles. The van der Waals surface area contributed by atoms with Crippen LogP contribution < -0.4 is 30.9 Å². The Hall–Kier alpha value is -4.46. The van der Waals surface area contributed by atoms with E-state index in [4.69, 9.17) is 24.4 Å². The summed E-state index contributed by atoms with van der Waals surface area (Å²) < 4.78 is 21.5. The number of carbonyl (C=O) groups excluding carboxylic acids is 1. The van der Waals surface area contributed by atoms with E-state index in [9.17, 15) is 9.59 Å². The van der Waals surface area contributed by atoms with E-state index >= 15 is 0 Å². The first kappa shape index (κ1) is 22.7. The number of rotatable bonds is 6. The minimum absolute atomic E-state index is 0.00229. The van der Waals surface area contributed by atoms with Crippen molar-refractivity contribution in [2.75, 3.05) is 32.4 Å². The number of ether oxygens (including phenoxy) is 3. The molecule has 0 atom stereocenters. The van der Waals surface area contributed by atoms with Gasteiger partial charge in [-0.2, -0.15) is 0 Å². The molecule has 8 nitrogen and oxygen atoms in total. The van der Waals surface area contributed by atoms with E-state index in [0.29, 0.717) is 50.6 Å². The monoisotopic (exact) mass is 460 g/mol. The third kappa shape index (κ3) is 4.13. The molecule has 3 aromatic carbocycles. The van der Waals surface area contributed by atoms with Crippen LogP contribution in [0.4, 0.5) is 11.4 Å². The molecule has 174 valence electrons. The summed E-state index contributed by atoms with van der Waals surface area (Å²) >= 11 is 0. The average Bonchev–Trinajstić information content (AvgIpc) is 2.86. The van der Waals surface area contributed by atoms with Gasteiger partial charge in [-0.1, -0.05) is 12.1 Å². The number of carbonyl (C=O) groups is 1. The van der Waals surface area contributed by atoms with E-state index in [-0.39, 0.29) is 5.69 Å². The molecule has 0 bridgehead atoms. The van der Waals surface area contributed by atoms with Crippen LogP contribution in [0.3, 0.4) is 0 Å². The van der Waals surface area contributed by atoms with Crippen LogP contribution in [0.25, 0.3) is 22.1 Å². The van der Waals surface area contributed by atoms with E-state index in [1.54, 1.807) is 51.5 Å². The molecular weight excluding hydrogens is 436 g/mol. The number of nitrogens with one attached hydrogen (secondary N) is 1. The van der Waals surface area contributed by atoms with Gasteiger partial charge in [0, 0.05) is 22.1 Å². The highest BCUT2D eigenvalue weighted by Gasteiger charge is 2.17. The van der Waals surface area contributed by atoms with Gasteiger partial charge in [-0.25, -0.2) is 4.79 Å². The van der Waals surface area contributed by atoms with Crippen molar-refractivity contribution in [2.24, 2.45) is 0 Å². The van der Waals surface area contributed by atoms with Gasteiger partial charge in [0.2, 0.25) is 0 Å². The molecule has 0 fully saturated rings. The molecule has 4 rings (SSSR count). The van der Waals surface area contributed by atoms with Crippen LogP contribution >= 0.6 is 0 Å². The van der Waals surface area contributed by atoms with Crippen LogP contribution in [0.2, 0.25) is 0 Å². The smallest absolute Gasteiger partial charge is 0.360 e. The van der Waals surface area contributed by atoms with Crippen molar-refractivity contribution in [1.29, 1.82) is 0 Å². The molecule has 4 aromatic rings. The summed E-state index contributed by atoms with van der Waals surface area (Å²) in [7, 11) is 4.64. The maximum absolute atomic E-state index is 13.1. The summed E-state index contributed by atoms with van der Waals surface area (Å²) in [5, 5.41) is 3.22. The molecule has 1 aromatic heterocycles. The van der Waals surface area contributed by atoms with Gasteiger partial charge in [0.15, 0.2) is 0 Å². The quantitative estimate of drug-likeness (QED) is 0.319. The van der Waals surface area contributed by atoms with E-state index < -0.39 is 11.5 Å². The van der Waals surface area contributed by atoms with Crippen molar-refractivity contribution < 1.29 is 23.4 Å². The normalized spacial score (nSPS) is 10.7. The lowest BCUT2D eigenvalue weighted by molar-refractivity contribution is 0.102. The van der Waals surface area contributed by atoms with Crippen LogP contribution in [-0.2, 0) is 0 Å². The van der Waals surface area contributed by atoms with Gasteiger partial charge in [0.25, 0.3) is 5.91 Å². The van der Waals surface area contributed by atoms with E-state index in [1.807, 2.05) is 24.3 Å². The van der Waals surface area contributed by atoms with Crippen LogP contribution in [0.15, 0.2) is 63.8 Å². The SMILES string of the molecule is COc1cccc(-c2cc(C(=O)Nc3cc4cc(OC)c(N)c(C)c4oc3=O)ccc2OC)c1. The molecule has 0 aliphatic carbocycles. The summed E-state index contributed by atoms with van der Waals surface area (Å²) in [5.74, 6) is 1.25. The van der Waals surface area contributed by atoms with E-state index in [2.05, 4.69) is 5.32 Å². The zero-order valence-electron chi connectivity index (χ0n) is 19.2. The zero-order valence-corrected chi connectivity index (χ0v) is 19.2. The molecule has 0 aliphatic rings. The summed E-state index contributed by atoms with van der Waals surface area (Å²) in [6.45, 7) is 1.73. The molecule has 1 heterocycles. The highest BCUT2D eigenvalue weighted by atomic mass is 16.5. The second-order valence-electron chi connectivity index (χ2n) is 7.58. The Bertz CT molecular complexity index is 1460. The second kappa shape index (κ2) is 9.19. The van der Waals surface area contributed by atoms with Crippen LogP contribution in [0.1, 0.15) is 15.9 Å². The Morgan fingerprint density at radius 2 is 1.71 bits per heavy atom. The van der Waals surface area contributed by atoms with Crippen molar-refractivity contribution in [1.82, 2.24) is 0 Å². The molecule has 0 radical (unpaired) electrons. The molecule has 1 amide bonds. The molecule has 0 aliphatic heterocycles. The Balaban J connectivity index is 1.72. The fourth-order valence-corrected chi connectivity index (χ4v) is 3.73. The highest BCUT2D eigenvalue weighted by molar-refractivity contribution is 6.06. The van der Waals surface area contributed by atoms with Crippen molar-refractivity contribution in [3.63, 3.8) is 0 Å². The van der Waals surface area contributed by atoms with Crippen molar-refractivity contribution in [3.8, 4) is 28.4 Å². The first-order valence-electron chi connectivity index (χ1n) is 10.4. The predicted molar refractivity (Wildman–Crippen MR) is 131 cm³/mol. The number of hydrogen-bond donors (Lipinski definition) is 2. The van der Waals surface area contributed by atoms with Crippen LogP contribution in [-0.4, -0.2) is 27.2 Å². The molecule has 0 unspecified atom stereocenters. The van der Waals surface area contributed by atoms with Gasteiger partial charge >= 0.3 is 5.63 Å². The highest BCUT2D eigenvalue weighted by Crippen LogP contribution is 2.34. The second-order valence-corrected chi connectivity index (χ2v) is 7.58. The number of aryl methyl sites for hydroxylation is 1. The van der Waals surface area contributed by atoms with Crippen molar-refractivity contribution in [3.05, 3.63) is 76.1 Å². The predicted octanol–water partition coefficient (Wildman–Crippen LogP) is 4.63. The minimum Gasteiger partial charge on any atom is -0.497 e. The molecular formula is C26H24N2O6. The lowest BCUT2D eigenvalue weighted by Crippen LogP contribution is -2.18. The van der Waals surface area contributed by atoms with Gasteiger partial charge < -0.3 is 29.7 Å². The number of methoxy groups -OCH3 is 3. The van der Waals surface area contributed by atoms with Gasteiger partial charge in [-0.15, -0.1) is 0 Å². The number of hydrogen-bond acceptors (Lipinski definition) is 7. The molecule has 0 saturated carbocycles. The number of nitrogen functional groups attached to an aromatic ring is 1. The summed E-state index contributed by atoms with van der Waals surface area (Å²) in [5.41, 5.74) is 8.52. The fraction of sp³-hybridized carbons (Fsp3) is 0.154. The molecule has 0 spiro atoms. The van der Waals surface area contributed by atoms with Crippen LogP contribution in [0.5, 0.6) is 17.2 Å². The van der Waals surface area contributed by atoms with Crippen LogP contribution in [0, 0.1) is 6.92 Å². The zero-order chi connectivity index (χ0) is 24.4. The topological polar surface area (TPSA) is 113 Å². The van der Waals surface area contributed by atoms with E-state index in [1.165, 1.54) is 7.11 Å². The summed E-state index contributed by atoms with van der Waals surface area (Å²) in [6, 6.07) is 15.6. The molecule has 8 heteroatoms. The van der Waals surface area contributed by atoms with Crippen molar-refractivity contribution in [2.45, 2.75) is 6.92 Å². The van der Waals surface area contributed by atoms with Gasteiger partial charge in [0.05, 0.1) is 27.0 Å². The van der Waals surface area contributed by atoms with Gasteiger partial charge in [-0.3, -0.25) is 4.79 Å². The Morgan fingerprint density at radius 1 is 0.941 bits per heavy atom. The largest absolute Gasteiger partial charge is 0.497 e. The lowest BCUT2D eigenvalue weighted by atomic mass is 10.0. The summed E-state index contributed by atoms with van der Waals surface area (Å²) in [4.78, 5) is 25.6. The van der Waals surface area contributed by atoms with Gasteiger partial charge in [-0.05, 0) is 55.0 Å². The minimum atomic E-state index is -0.685. The van der Waals surface area contributed by atoms with Gasteiger partial charge in [0.1, 0.15) is 28.5 Å². The molecule has 34 heavy (non-hydrogen) atoms. The first-order valence-corrected chi connectivity index (χ1v) is 10.4. The number of nitrogens with two attached hydrogens (primary N) is 1. The number of fused-ring (bicyclic) bond motifs is 1. The Labute approximate surface area is 195 Å². The Kier molecular flexibility index (Phi) is 6.14. The maximum atomic E-state index is 13.1. The summed E-state index contributed by atoms with van der Waals surface area (Å²) in [6.07, 6.45) is 0. The fourth-order valence-electron chi connectivity index (χ4n) is 3.73. The molecule has 3 N–H and O–H groups in total. The number of amides is 1. The number of anilines is 2.